The molecule has 0 aromatic carbocycles. The summed E-state index contributed by atoms with van der Waals surface area (Å²) in [5.74, 6) is 2.11. The number of nitrogens with two attached hydrogens (primary N) is 1. The Labute approximate surface area is 128 Å². The topological polar surface area (TPSA) is 64.9 Å². The predicted molar refractivity (Wildman–Crippen MR) is 85.1 cm³/mol. The molecule has 2 N–H and O–H groups in total. The van der Waals surface area contributed by atoms with Crippen LogP contribution in [0.3, 0.4) is 0 Å². The van der Waals surface area contributed by atoms with E-state index < -0.39 is 0 Å². The zero-order valence-corrected chi connectivity index (χ0v) is 13.9. The third kappa shape index (κ3) is 5.77. The van der Waals surface area contributed by atoms with Crippen molar-refractivity contribution in [2.45, 2.75) is 90.5 Å². The summed E-state index contributed by atoms with van der Waals surface area (Å²) in [4.78, 5) is 4.62. The second kappa shape index (κ2) is 7.39. The second-order valence-electron chi connectivity index (χ2n) is 7.82. The maximum absolute atomic E-state index is 6.20. The van der Waals surface area contributed by atoms with Crippen LogP contribution in [0.2, 0.25) is 0 Å². The van der Waals surface area contributed by atoms with Crippen LogP contribution in [-0.4, -0.2) is 16.2 Å². The van der Waals surface area contributed by atoms with Gasteiger partial charge in [-0.25, -0.2) is 0 Å². The number of rotatable bonds is 4. The maximum Gasteiger partial charge on any atom is 0.228 e. The molecule has 21 heavy (non-hydrogen) atoms. The molecule has 1 aliphatic rings. The molecule has 4 heteroatoms. The van der Waals surface area contributed by atoms with E-state index in [0.717, 1.165) is 12.2 Å². The standard InChI is InChI=1S/C17H31N3O/c1-17(2,3)12-14(18)11-15-19-16(20-21-15)13-9-7-5-4-6-8-10-13/h13-14H,4-12,18H2,1-3H3. The van der Waals surface area contributed by atoms with E-state index in [1.54, 1.807) is 0 Å². The SMILES string of the molecule is CC(C)(C)CC(N)Cc1nc(C2CCCCCCC2)no1. The predicted octanol–water partition coefficient (Wildman–Crippen LogP) is 4.20. The lowest BCUT2D eigenvalue weighted by atomic mass is 9.87. The summed E-state index contributed by atoms with van der Waals surface area (Å²) < 4.78 is 5.43. The van der Waals surface area contributed by atoms with Gasteiger partial charge in [-0.3, -0.25) is 0 Å². The molecule has 1 heterocycles. The summed E-state index contributed by atoms with van der Waals surface area (Å²) in [7, 11) is 0. The fraction of sp³-hybridized carbons (Fsp3) is 0.882. The number of hydrogen-bond donors (Lipinski definition) is 1. The summed E-state index contributed by atoms with van der Waals surface area (Å²) in [5.41, 5.74) is 6.44. The van der Waals surface area contributed by atoms with E-state index in [-0.39, 0.29) is 11.5 Å². The molecule has 0 spiro atoms. The Balaban J connectivity index is 1.90. The van der Waals surface area contributed by atoms with Crippen LogP contribution in [0.15, 0.2) is 4.52 Å². The Bertz CT molecular complexity index is 414. The van der Waals surface area contributed by atoms with Gasteiger partial charge >= 0.3 is 0 Å². The van der Waals surface area contributed by atoms with Crippen molar-refractivity contribution in [3.8, 4) is 0 Å². The summed E-state index contributed by atoms with van der Waals surface area (Å²) in [6.07, 6.45) is 10.7. The average Bonchev–Trinajstić information content (AvgIpc) is 2.74. The van der Waals surface area contributed by atoms with Crippen molar-refractivity contribution in [2.24, 2.45) is 11.1 Å². The molecule has 0 radical (unpaired) electrons. The molecule has 1 aromatic heterocycles. The Kier molecular flexibility index (Phi) is 5.80. The molecule has 1 aromatic rings. The fourth-order valence-corrected chi connectivity index (χ4v) is 3.31. The Morgan fingerprint density at radius 3 is 2.38 bits per heavy atom. The van der Waals surface area contributed by atoms with E-state index in [2.05, 4.69) is 30.9 Å². The van der Waals surface area contributed by atoms with Gasteiger partial charge in [0.15, 0.2) is 5.82 Å². The quantitative estimate of drug-likeness (QED) is 0.903. The van der Waals surface area contributed by atoms with Crippen molar-refractivity contribution < 1.29 is 4.52 Å². The molecule has 0 amide bonds. The first-order valence-corrected chi connectivity index (χ1v) is 8.52. The molecule has 4 nitrogen and oxygen atoms in total. The second-order valence-corrected chi connectivity index (χ2v) is 7.82. The van der Waals surface area contributed by atoms with Crippen LogP contribution in [0.4, 0.5) is 0 Å². The molecule has 1 fully saturated rings. The molecule has 0 saturated heterocycles. The van der Waals surface area contributed by atoms with Crippen molar-refractivity contribution in [3.05, 3.63) is 11.7 Å². The minimum Gasteiger partial charge on any atom is -0.339 e. The molecular weight excluding hydrogens is 262 g/mol. The summed E-state index contributed by atoms with van der Waals surface area (Å²) >= 11 is 0. The largest absolute Gasteiger partial charge is 0.339 e. The van der Waals surface area contributed by atoms with Crippen LogP contribution >= 0.6 is 0 Å². The first kappa shape index (κ1) is 16.5. The molecule has 1 atom stereocenters. The van der Waals surface area contributed by atoms with Crippen LogP contribution in [0.5, 0.6) is 0 Å². The van der Waals surface area contributed by atoms with E-state index in [4.69, 9.17) is 10.3 Å². The van der Waals surface area contributed by atoms with Crippen LogP contribution in [-0.2, 0) is 6.42 Å². The smallest absolute Gasteiger partial charge is 0.228 e. The van der Waals surface area contributed by atoms with E-state index in [1.165, 1.54) is 44.9 Å². The first-order valence-electron chi connectivity index (χ1n) is 8.52. The monoisotopic (exact) mass is 293 g/mol. The Hall–Kier alpha value is -0.900. The number of hydrogen-bond acceptors (Lipinski definition) is 4. The van der Waals surface area contributed by atoms with Crippen molar-refractivity contribution >= 4 is 0 Å². The number of aromatic nitrogens is 2. The van der Waals surface area contributed by atoms with E-state index in [1.807, 2.05) is 0 Å². The summed E-state index contributed by atoms with van der Waals surface area (Å²) in [6, 6.07) is 0.0932. The highest BCUT2D eigenvalue weighted by atomic mass is 16.5. The average molecular weight is 293 g/mol. The highest BCUT2D eigenvalue weighted by Crippen LogP contribution is 2.29. The zero-order chi connectivity index (χ0) is 15.3. The van der Waals surface area contributed by atoms with E-state index in [0.29, 0.717) is 18.2 Å². The van der Waals surface area contributed by atoms with E-state index in [9.17, 15) is 0 Å². The molecule has 0 bridgehead atoms. The molecule has 1 saturated carbocycles. The van der Waals surface area contributed by atoms with Crippen LogP contribution in [0.25, 0.3) is 0 Å². The minimum absolute atomic E-state index is 0.0932. The van der Waals surface area contributed by atoms with Gasteiger partial charge in [0.1, 0.15) is 0 Å². The first-order chi connectivity index (χ1) is 9.94. The highest BCUT2D eigenvalue weighted by Gasteiger charge is 2.22. The normalized spacial score (nSPS) is 20.0. The van der Waals surface area contributed by atoms with Crippen LogP contribution in [0.1, 0.15) is 89.8 Å². The molecule has 2 rings (SSSR count). The number of nitrogens with zero attached hydrogens (tertiary/aromatic N) is 2. The van der Waals surface area contributed by atoms with Crippen molar-refractivity contribution in [2.75, 3.05) is 0 Å². The van der Waals surface area contributed by atoms with Crippen LogP contribution < -0.4 is 5.73 Å². The third-order valence-corrected chi connectivity index (χ3v) is 4.27. The van der Waals surface area contributed by atoms with Gasteiger partial charge in [-0.1, -0.05) is 58.0 Å². The lowest BCUT2D eigenvalue weighted by Gasteiger charge is -2.21. The Morgan fingerprint density at radius 2 is 1.76 bits per heavy atom. The van der Waals surface area contributed by atoms with Gasteiger partial charge in [-0.2, -0.15) is 4.98 Å². The Morgan fingerprint density at radius 1 is 1.14 bits per heavy atom. The van der Waals surface area contributed by atoms with E-state index >= 15 is 0 Å². The third-order valence-electron chi connectivity index (χ3n) is 4.27. The van der Waals surface area contributed by atoms with Gasteiger partial charge in [0.25, 0.3) is 0 Å². The fourth-order valence-electron chi connectivity index (χ4n) is 3.31. The van der Waals surface area contributed by atoms with Gasteiger partial charge in [0.2, 0.25) is 5.89 Å². The lowest BCUT2D eigenvalue weighted by molar-refractivity contribution is 0.311. The van der Waals surface area contributed by atoms with Gasteiger partial charge < -0.3 is 10.3 Å². The summed E-state index contributed by atoms with van der Waals surface area (Å²) in [6.45, 7) is 6.63. The van der Waals surface area contributed by atoms with Gasteiger partial charge in [0.05, 0.1) is 0 Å². The van der Waals surface area contributed by atoms with Crippen molar-refractivity contribution in [1.82, 2.24) is 10.1 Å². The zero-order valence-electron chi connectivity index (χ0n) is 13.9. The van der Waals surface area contributed by atoms with Crippen LogP contribution in [0, 0.1) is 5.41 Å². The lowest BCUT2D eigenvalue weighted by Crippen LogP contribution is -2.28. The molecule has 1 aliphatic carbocycles. The summed E-state index contributed by atoms with van der Waals surface area (Å²) in [5, 5.41) is 4.22. The molecule has 1 unspecified atom stereocenters. The molecule has 0 aliphatic heterocycles. The highest BCUT2D eigenvalue weighted by molar-refractivity contribution is 4.97. The van der Waals surface area contributed by atoms with Crippen molar-refractivity contribution in [1.29, 1.82) is 0 Å². The maximum atomic E-state index is 6.20. The van der Waals surface area contributed by atoms with Gasteiger partial charge in [-0.05, 0) is 24.7 Å². The molecular formula is C17H31N3O. The van der Waals surface area contributed by atoms with Crippen molar-refractivity contribution in [3.63, 3.8) is 0 Å². The van der Waals surface area contributed by atoms with Gasteiger partial charge in [0, 0.05) is 18.4 Å². The molecule has 120 valence electrons. The minimum atomic E-state index is 0.0932. The van der Waals surface area contributed by atoms with Gasteiger partial charge in [-0.15, -0.1) is 0 Å².